The normalized spacial score (nSPS) is 13.6. The Bertz CT molecular complexity index is 367. The van der Waals surface area contributed by atoms with E-state index in [9.17, 15) is 0 Å². The first-order valence-corrected chi connectivity index (χ1v) is 7.35. The van der Waals surface area contributed by atoms with Gasteiger partial charge in [-0.05, 0) is 36.5 Å². The fraction of sp³-hybridized carbons (Fsp3) is 0.647. The van der Waals surface area contributed by atoms with Crippen LogP contribution in [0.25, 0.3) is 0 Å². The van der Waals surface area contributed by atoms with Crippen molar-refractivity contribution in [2.75, 3.05) is 6.54 Å². The third-order valence-corrected chi connectivity index (χ3v) is 3.67. The van der Waals surface area contributed by atoms with Crippen LogP contribution < -0.4 is 10.1 Å². The summed E-state index contributed by atoms with van der Waals surface area (Å²) in [6.07, 6.45) is 1.33. The van der Waals surface area contributed by atoms with Crippen LogP contribution in [0.3, 0.4) is 0 Å². The Hall–Kier alpha value is -1.02. The van der Waals surface area contributed by atoms with Gasteiger partial charge < -0.3 is 10.1 Å². The van der Waals surface area contributed by atoms with Crippen molar-refractivity contribution < 1.29 is 4.74 Å². The lowest BCUT2D eigenvalue weighted by Crippen LogP contribution is -2.33. The van der Waals surface area contributed by atoms with Crippen molar-refractivity contribution in [2.24, 2.45) is 0 Å². The minimum atomic E-state index is 0.187. The van der Waals surface area contributed by atoms with Crippen molar-refractivity contribution in [3.63, 3.8) is 0 Å². The van der Waals surface area contributed by atoms with E-state index in [2.05, 4.69) is 71.1 Å². The molecule has 1 atom stereocenters. The summed E-state index contributed by atoms with van der Waals surface area (Å²) in [6.45, 7) is 14.0. The van der Waals surface area contributed by atoms with Gasteiger partial charge in [0, 0.05) is 12.6 Å². The highest BCUT2D eigenvalue weighted by atomic mass is 16.5. The van der Waals surface area contributed by atoms with Crippen LogP contribution in [0, 0.1) is 0 Å². The highest BCUT2D eigenvalue weighted by Gasteiger charge is 2.17. The first-order valence-electron chi connectivity index (χ1n) is 7.35. The van der Waals surface area contributed by atoms with Crippen molar-refractivity contribution in [1.82, 2.24) is 5.32 Å². The van der Waals surface area contributed by atoms with Gasteiger partial charge in [0.1, 0.15) is 11.9 Å². The molecule has 1 unspecified atom stereocenters. The van der Waals surface area contributed by atoms with Crippen molar-refractivity contribution in [2.45, 2.75) is 65.5 Å². The summed E-state index contributed by atoms with van der Waals surface area (Å²) in [7, 11) is 0. The van der Waals surface area contributed by atoms with Crippen LogP contribution in [0.2, 0.25) is 0 Å². The lowest BCUT2D eigenvalue weighted by atomic mass is 9.82. The Kier molecular flexibility index (Phi) is 5.86. The molecule has 0 aliphatic rings. The summed E-state index contributed by atoms with van der Waals surface area (Å²) < 4.78 is 5.90. The molecular formula is C17H29NO. The second kappa shape index (κ2) is 6.95. The Morgan fingerprint density at radius 1 is 1.11 bits per heavy atom. The van der Waals surface area contributed by atoms with Crippen LogP contribution in [0.1, 0.15) is 53.5 Å². The van der Waals surface area contributed by atoms with E-state index < -0.39 is 0 Å². The molecule has 0 bridgehead atoms. The van der Waals surface area contributed by atoms with Crippen LogP contribution in [0.15, 0.2) is 24.3 Å². The van der Waals surface area contributed by atoms with Crippen molar-refractivity contribution >= 4 is 0 Å². The molecule has 0 aromatic heterocycles. The lowest BCUT2D eigenvalue weighted by molar-refractivity contribution is 0.213. The van der Waals surface area contributed by atoms with Gasteiger partial charge in [0.2, 0.25) is 0 Å². The van der Waals surface area contributed by atoms with Gasteiger partial charge in [-0.25, -0.2) is 0 Å². The number of rotatable bonds is 7. The molecule has 2 heteroatoms. The van der Waals surface area contributed by atoms with E-state index in [1.807, 2.05) is 0 Å². The van der Waals surface area contributed by atoms with Crippen molar-refractivity contribution in [3.8, 4) is 5.75 Å². The molecule has 1 N–H and O–H groups in total. The first-order chi connectivity index (χ1) is 8.85. The standard InChI is InChI=1S/C17H29NO/c1-7-17(5,6)15-8-10-16(11-9-15)19-14(4)12-18-13(2)3/h8-11,13-14,18H,7,12H2,1-6H3. The number of hydrogen-bond acceptors (Lipinski definition) is 2. The average Bonchev–Trinajstić information content (AvgIpc) is 2.37. The second-order valence-electron chi connectivity index (χ2n) is 6.25. The molecule has 0 saturated carbocycles. The van der Waals surface area contributed by atoms with Crippen LogP contribution in [-0.2, 0) is 5.41 Å². The topological polar surface area (TPSA) is 21.3 Å². The van der Waals surface area contributed by atoms with Crippen LogP contribution >= 0.6 is 0 Å². The summed E-state index contributed by atoms with van der Waals surface area (Å²) in [4.78, 5) is 0. The molecule has 19 heavy (non-hydrogen) atoms. The van der Waals surface area contributed by atoms with Crippen molar-refractivity contribution in [1.29, 1.82) is 0 Å². The SMILES string of the molecule is CCC(C)(C)c1ccc(OC(C)CNC(C)C)cc1. The largest absolute Gasteiger partial charge is 0.489 e. The molecule has 0 heterocycles. The second-order valence-corrected chi connectivity index (χ2v) is 6.25. The maximum Gasteiger partial charge on any atom is 0.119 e. The Morgan fingerprint density at radius 2 is 1.68 bits per heavy atom. The van der Waals surface area contributed by atoms with Gasteiger partial charge in [0.25, 0.3) is 0 Å². The smallest absolute Gasteiger partial charge is 0.119 e. The fourth-order valence-electron chi connectivity index (χ4n) is 1.86. The summed E-state index contributed by atoms with van der Waals surface area (Å²) in [5.41, 5.74) is 1.61. The molecule has 1 rings (SSSR count). The summed E-state index contributed by atoms with van der Waals surface area (Å²) in [5.74, 6) is 0.953. The van der Waals surface area contributed by atoms with E-state index in [1.165, 1.54) is 5.56 Å². The van der Waals surface area contributed by atoms with Crippen molar-refractivity contribution in [3.05, 3.63) is 29.8 Å². The van der Waals surface area contributed by atoms with Gasteiger partial charge in [-0.2, -0.15) is 0 Å². The summed E-state index contributed by atoms with van der Waals surface area (Å²) in [6, 6.07) is 9.03. The summed E-state index contributed by atoms with van der Waals surface area (Å²) >= 11 is 0. The van der Waals surface area contributed by atoms with Gasteiger partial charge in [-0.3, -0.25) is 0 Å². The van der Waals surface area contributed by atoms with E-state index in [0.29, 0.717) is 6.04 Å². The van der Waals surface area contributed by atoms with Gasteiger partial charge in [-0.15, -0.1) is 0 Å². The maximum absolute atomic E-state index is 5.90. The first kappa shape index (κ1) is 16.0. The quantitative estimate of drug-likeness (QED) is 0.798. The van der Waals surface area contributed by atoms with Gasteiger partial charge in [0.15, 0.2) is 0 Å². The average molecular weight is 263 g/mol. The highest BCUT2D eigenvalue weighted by molar-refractivity contribution is 5.31. The molecule has 1 aromatic rings. The van der Waals surface area contributed by atoms with Crippen LogP contribution in [-0.4, -0.2) is 18.7 Å². The fourth-order valence-corrected chi connectivity index (χ4v) is 1.86. The summed E-state index contributed by atoms with van der Waals surface area (Å²) in [5, 5.41) is 3.39. The molecule has 0 radical (unpaired) electrons. The molecule has 1 aromatic carbocycles. The molecule has 0 fully saturated rings. The van der Waals surface area contributed by atoms with Gasteiger partial charge in [0.05, 0.1) is 0 Å². The molecule has 0 aliphatic heterocycles. The predicted molar refractivity (Wildman–Crippen MR) is 83.0 cm³/mol. The van der Waals surface area contributed by atoms with Crippen LogP contribution in [0.4, 0.5) is 0 Å². The lowest BCUT2D eigenvalue weighted by Gasteiger charge is -2.24. The molecule has 0 saturated heterocycles. The molecule has 0 aliphatic carbocycles. The van der Waals surface area contributed by atoms with E-state index in [1.54, 1.807) is 0 Å². The number of nitrogens with one attached hydrogen (secondary N) is 1. The number of ether oxygens (including phenoxy) is 1. The zero-order valence-electron chi connectivity index (χ0n) is 13.3. The van der Waals surface area contributed by atoms with E-state index in [4.69, 9.17) is 4.74 Å². The zero-order valence-corrected chi connectivity index (χ0v) is 13.3. The highest BCUT2D eigenvalue weighted by Crippen LogP contribution is 2.28. The van der Waals surface area contributed by atoms with Gasteiger partial charge in [-0.1, -0.05) is 46.8 Å². The zero-order chi connectivity index (χ0) is 14.5. The predicted octanol–water partition coefficient (Wildman–Crippen LogP) is 4.14. The third-order valence-electron chi connectivity index (χ3n) is 3.67. The minimum Gasteiger partial charge on any atom is -0.489 e. The Balaban J connectivity index is 2.57. The Morgan fingerprint density at radius 3 is 2.16 bits per heavy atom. The van der Waals surface area contributed by atoms with E-state index in [-0.39, 0.29) is 11.5 Å². The maximum atomic E-state index is 5.90. The van der Waals surface area contributed by atoms with E-state index >= 15 is 0 Å². The van der Waals surface area contributed by atoms with Crippen LogP contribution in [0.5, 0.6) is 5.75 Å². The molecule has 0 amide bonds. The number of hydrogen-bond donors (Lipinski definition) is 1. The molecule has 0 spiro atoms. The Labute approximate surface area is 118 Å². The third kappa shape index (κ3) is 5.23. The molecule has 108 valence electrons. The van der Waals surface area contributed by atoms with E-state index in [0.717, 1.165) is 18.7 Å². The monoisotopic (exact) mass is 263 g/mol. The van der Waals surface area contributed by atoms with Gasteiger partial charge >= 0.3 is 0 Å². The molecule has 2 nitrogen and oxygen atoms in total. The number of benzene rings is 1. The molecular weight excluding hydrogens is 234 g/mol. The minimum absolute atomic E-state index is 0.187.